The minimum Gasteiger partial charge on any atom is -0.394 e. The van der Waals surface area contributed by atoms with Gasteiger partial charge in [0.05, 0.1) is 59.5 Å². The SMILES string of the molecule is CC(=O)N[C@H]1[C@H](OCCCCC(=O)NCCCNC(=O)CCOCC(COCCC(=O)NCCCNC(=O)CCCCO[C@@H]2O[C@H](CO)[C@H](O)[C@H](O)[C@H]2NC(C)=O)(COCCC(=O)NCCCNC(=O)CCCCO[C@@H]2O[C@H](CO)[C@H](O)[C@H](O)[C@H]2NC(C)=O)CC(=O)CCCCCC(C)C)O[C@H](CO)[C@H](O)[C@@H]1O. The van der Waals surface area contributed by atoms with Gasteiger partial charge < -0.3 is 136 Å². The number of aliphatic hydroxyl groups excluding tert-OH is 9. The van der Waals surface area contributed by atoms with Gasteiger partial charge in [0, 0.05) is 137 Å². The molecule has 0 spiro atoms. The highest BCUT2D eigenvalue weighted by Crippen LogP contribution is 2.29. The maximum absolute atomic E-state index is 13.9. The number of carbonyl (C=O) groups is 10. The molecular formula is C71H127N9O28. The maximum atomic E-state index is 13.9. The van der Waals surface area contributed by atoms with Crippen LogP contribution in [0.15, 0.2) is 0 Å². The Hall–Kier alpha value is -5.82. The largest absolute Gasteiger partial charge is 0.394 e. The van der Waals surface area contributed by atoms with Gasteiger partial charge in [0.15, 0.2) is 18.9 Å². The molecule has 37 nitrogen and oxygen atoms in total. The van der Waals surface area contributed by atoms with Crippen molar-refractivity contribution >= 4 is 58.9 Å². The molecule has 18 N–H and O–H groups in total. The molecule has 0 aromatic carbocycles. The van der Waals surface area contributed by atoms with E-state index in [0.717, 1.165) is 19.3 Å². The van der Waals surface area contributed by atoms with Crippen molar-refractivity contribution in [3.8, 4) is 0 Å². The molecule has 0 radical (unpaired) electrons. The number of carbonyl (C=O) groups excluding carboxylic acids is 10. The van der Waals surface area contributed by atoms with E-state index in [0.29, 0.717) is 70.1 Å². The van der Waals surface area contributed by atoms with E-state index in [2.05, 4.69) is 61.7 Å². The van der Waals surface area contributed by atoms with E-state index in [1.54, 1.807) is 0 Å². The standard InChI is InChI=1S/C71H127N9O28/c1-45(2)18-7-6-8-19-49(87)38-71(42-100-35-23-56(91)75-29-15-26-72-53(88)20-9-12-32-103-68-59(78-46(3)84)65(97)62(94)50(39-81)106-68,43-101-36-24-57(92)76-30-16-27-73-54(89)21-10-13-33-104-69-60(79-47(4)85)66(98)63(95)51(40-82)107-69)44-102-37-25-58(93)77-31-17-28-74-55(90)22-11-14-34-105-70-61(80-48(5)86)67(99)64(96)52(41-83)108-70/h45,50-52,59-70,81-83,94-99H,6-44H2,1-5H3,(H,72,88)(H,73,89)(H,74,90)(H,75,91)(H,76,92)(H,77,93)(H,78,84)(H,79,85)(H,80,86)/t50-,51-,52-,59-,60-,61-,62+,63+,64+,65-,66-,67-,68-,69-,70-/m1/s1. The first-order valence-electron chi connectivity index (χ1n) is 38.0. The average molecular weight is 1550 g/mol. The molecule has 624 valence electrons. The van der Waals surface area contributed by atoms with Gasteiger partial charge in [-0.1, -0.05) is 33.1 Å². The van der Waals surface area contributed by atoms with E-state index in [1.807, 2.05) is 0 Å². The van der Waals surface area contributed by atoms with Crippen LogP contribution in [0.5, 0.6) is 0 Å². The molecule has 0 aromatic rings. The minimum atomic E-state index is -1.45. The number of Topliss-reactive ketones (excluding diaryl/α,β-unsaturated/α-hetero) is 1. The van der Waals surface area contributed by atoms with Crippen molar-refractivity contribution in [3.05, 3.63) is 0 Å². The van der Waals surface area contributed by atoms with Gasteiger partial charge in [-0.15, -0.1) is 0 Å². The molecule has 0 aliphatic carbocycles. The zero-order valence-electron chi connectivity index (χ0n) is 63.6. The van der Waals surface area contributed by atoms with Gasteiger partial charge >= 0.3 is 0 Å². The first-order chi connectivity index (χ1) is 51.6. The van der Waals surface area contributed by atoms with Crippen LogP contribution in [0.2, 0.25) is 0 Å². The van der Waals surface area contributed by atoms with Crippen LogP contribution in [-0.4, -0.2) is 315 Å². The van der Waals surface area contributed by atoms with Crippen molar-refractivity contribution in [2.75, 3.05) is 119 Å². The van der Waals surface area contributed by atoms with Gasteiger partial charge in [0.2, 0.25) is 53.2 Å². The second kappa shape index (κ2) is 55.6. The van der Waals surface area contributed by atoms with Crippen molar-refractivity contribution in [2.45, 2.75) is 261 Å². The summed E-state index contributed by atoms with van der Waals surface area (Å²) in [5.41, 5.74) is -1.13. The van der Waals surface area contributed by atoms with Gasteiger partial charge in [-0.3, -0.25) is 47.9 Å². The summed E-state index contributed by atoms with van der Waals surface area (Å²) in [5, 5.41) is 115. The van der Waals surface area contributed by atoms with Crippen LogP contribution in [-0.2, 0) is 90.6 Å². The zero-order chi connectivity index (χ0) is 79.8. The number of rotatable bonds is 59. The van der Waals surface area contributed by atoms with Gasteiger partial charge in [-0.25, -0.2) is 0 Å². The van der Waals surface area contributed by atoms with Crippen LogP contribution in [0.4, 0.5) is 0 Å². The molecule has 15 atom stereocenters. The predicted octanol–water partition coefficient (Wildman–Crippen LogP) is -3.98. The number of ketones is 1. The first-order valence-corrected chi connectivity index (χ1v) is 38.0. The van der Waals surface area contributed by atoms with Crippen LogP contribution in [0, 0.1) is 11.3 Å². The van der Waals surface area contributed by atoms with Crippen LogP contribution in [0.1, 0.15) is 169 Å². The molecule has 9 amide bonds. The van der Waals surface area contributed by atoms with Crippen LogP contribution in [0.3, 0.4) is 0 Å². The highest BCUT2D eigenvalue weighted by molar-refractivity contribution is 5.80. The van der Waals surface area contributed by atoms with E-state index in [4.69, 9.17) is 42.6 Å². The summed E-state index contributed by atoms with van der Waals surface area (Å²) in [4.78, 5) is 126. The van der Waals surface area contributed by atoms with E-state index in [1.165, 1.54) is 20.8 Å². The molecule has 3 heterocycles. The molecule has 0 unspecified atom stereocenters. The number of amides is 9. The topological polar surface area (TPSA) is 544 Å². The Balaban J connectivity index is 1.51. The summed E-state index contributed by atoms with van der Waals surface area (Å²) >= 11 is 0. The van der Waals surface area contributed by atoms with Crippen molar-refractivity contribution in [1.82, 2.24) is 47.9 Å². The number of hydrogen-bond acceptors (Lipinski definition) is 28. The fourth-order valence-electron chi connectivity index (χ4n) is 12.0. The Kier molecular flexibility index (Phi) is 49.6. The molecule has 3 fully saturated rings. The Morgan fingerprint density at radius 1 is 0.352 bits per heavy atom. The smallest absolute Gasteiger partial charge is 0.222 e. The highest BCUT2D eigenvalue weighted by atomic mass is 16.7. The van der Waals surface area contributed by atoms with E-state index >= 15 is 0 Å². The Morgan fingerprint density at radius 3 is 0.898 bits per heavy atom. The third kappa shape index (κ3) is 39.9. The second-order valence-corrected chi connectivity index (χ2v) is 28.1. The van der Waals surface area contributed by atoms with E-state index < -0.39 is 135 Å². The molecule has 0 bridgehead atoms. The molecule has 3 aliphatic heterocycles. The lowest BCUT2D eigenvalue weighted by Gasteiger charge is -2.42. The molecule has 37 heteroatoms. The van der Waals surface area contributed by atoms with Crippen LogP contribution in [0.25, 0.3) is 0 Å². The van der Waals surface area contributed by atoms with Crippen molar-refractivity contribution in [3.63, 3.8) is 0 Å². The van der Waals surface area contributed by atoms with Gasteiger partial charge in [-0.2, -0.15) is 0 Å². The van der Waals surface area contributed by atoms with Crippen molar-refractivity contribution < 1.29 is 137 Å². The Labute approximate surface area is 632 Å². The van der Waals surface area contributed by atoms with Crippen LogP contribution >= 0.6 is 0 Å². The normalized spacial score (nSPS) is 24.3. The summed E-state index contributed by atoms with van der Waals surface area (Å²) in [6.07, 6.45) is -7.84. The van der Waals surface area contributed by atoms with E-state index in [-0.39, 0.29) is 191 Å². The fraction of sp³-hybridized carbons (Fsp3) is 0.859. The molecule has 3 saturated heterocycles. The quantitative estimate of drug-likeness (QED) is 0.0258. The number of nitrogens with one attached hydrogen (secondary N) is 9. The molecule has 3 aliphatic rings. The molecule has 3 rings (SSSR count). The lowest BCUT2D eigenvalue weighted by molar-refractivity contribution is -0.270. The number of ether oxygens (including phenoxy) is 9. The van der Waals surface area contributed by atoms with Gasteiger partial charge in [0.1, 0.15) is 78.8 Å². The lowest BCUT2D eigenvalue weighted by Crippen LogP contribution is -2.64. The summed E-state index contributed by atoms with van der Waals surface area (Å²) in [5.74, 6) is -2.75. The van der Waals surface area contributed by atoms with E-state index in [9.17, 15) is 93.9 Å². The average Bonchev–Trinajstić information content (AvgIpc) is 0.822. The van der Waals surface area contributed by atoms with Crippen molar-refractivity contribution in [2.24, 2.45) is 11.3 Å². The monoisotopic (exact) mass is 1550 g/mol. The Bertz CT molecular complexity index is 2380. The van der Waals surface area contributed by atoms with Crippen molar-refractivity contribution in [1.29, 1.82) is 0 Å². The molecule has 0 aromatic heterocycles. The van der Waals surface area contributed by atoms with Crippen LogP contribution < -0.4 is 47.9 Å². The number of aliphatic hydroxyl groups is 9. The lowest BCUT2D eigenvalue weighted by atomic mass is 9.83. The third-order valence-corrected chi connectivity index (χ3v) is 17.9. The maximum Gasteiger partial charge on any atom is 0.222 e. The number of hydrogen-bond donors (Lipinski definition) is 18. The highest BCUT2D eigenvalue weighted by Gasteiger charge is 2.48. The summed E-state index contributed by atoms with van der Waals surface area (Å²) < 4.78 is 52.2. The Morgan fingerprint density at radius 2 is 0.630 bits per heavy atom. The summed E-state index contributed by atoms with van der Waals surface area (Å²) in [6, 6.07) is -3.25. The minimum absolute atomic E-state index is 0.0463. The predicted molar refractivity (Wildman–Crippen MR) is 384 cm³/mol. The third-order valence-electron chi connectivity index (χ3n) is 17.9. The zero-order valence-corrected chi connectivity index (χ0v) is 63.6. The summed E-state index contributed by atoms with van der Waals surface area (Å²) in [6.45, 7) is 7.48. The van der Waals surface area contributed by atoms with Gasteiger partial charge in [-0.05, 0) is 70.1 Å². The molecule has 108 heavy (non-hydrogen) atoms. The second-order valence-electron chi connectivity index (χ2n) is 28.1. The fourth-order valence-corrected chi connectivity index (χ4v) is 12.0. The molecular weight excluding hydrogens is 1430 g/mol. The summed E-state index contributed by atoms with van der Waals surface area (Å²) in [7, 11) is 0. The molecule has 0 saturated carbocycles. The number of unbranched alkanes of at least 4 members (excludes halogenated alkanes) is 5. The first kappa shape index (κ1) is 96.4. The van der Waals surface area contributed by atoms with Gasteiger partial charge in [0.25, 0.3) is 0 Å².